The summed E-state index contributed by atoms with van der Waals surface area (Å²) in [5.41, 5.74) is 1.40. The van der Waals surface area contributed by atoms with E-state index in [2.05, 4.69) is 17.3 Å². The standard InChI is InChI=1S/C13H16FN3/c1-2-8-15-10-11-7-9-17(16-11)13-6-4-3-5-12(13)14/h3-7,9,15H,2,8,10H2,1H3. The van der Waals surface area contributed by atoms with Crippen LogP contribution in [0.2, 0.25) is 0 Å². The number of nitrogens with zero attached hydrogens (tertiary/aromatic N) is 2. The summed E-state index contributed by atoms with van der Waals surface area (Å²) in [6.07, 6.45) is 2.87. The van der Waals surface area contributed by atoms with Crippen LogP contribution in [-0.4, -0.2) is 16.3 Å². The lowest BCUT2D eigenvalue weighted by molar-refractivity contribution is 0.606. The molecule has 1 heterocycles. The van der Waals surface area contributed by atoms with Crippen LogP contribution in [-0.2, 0) is 6.54 Å². The van der Waals surface area contributed by atoms with Gasteiger partial charge in [0.15, 0.2) is 0 Å². The molecule has 2 aromatic rings. The highest BCUT2D eigenvalue weighted by Gasteiger charge is 2.05. The summed E-state index contributed by atoms with van der Waals surface area (Å²) < 4.78 is 15.1. The average Bonchev–Trinajstić information content (AvgIpc) is 2.79. The van der Waals surface area contributed by atoms with E-state index in [1.807, 2.05) is 6.07 Å². The second-order valence-corrected chi connectivity index (χ2v) is 3.88. The first kappa shape index (κ1) is 11.8. The molecule has 17 heavy (non-hydrogen) atoms. The summed E-state index contributed by atoms with van der Waals surface area (Å²) in [5.74, 6) is -0.260. The Kier molecular flexibility index (Phi) is 3.88. The number of para-hydroxylation sites is 1. The van der Waals surface area contributed by atoms with Crippen molar-refractivity contribution in [3.8, 4) is 5.69 Å². The number of hydrogen-bond donors (Lipinski definition) is 1. The first-order valence-corrected chi connectivity index (χ1v) is 5.81. The van der Waals surface area contributed by atoms with E-state index in [9.17, 15) is 4.39 Å². The summed E-state index contributed by atoms with van der Waals surface area (Å²) in [6, 6.07) is 8.52. The fraction of sp³-hybridized carbons (Fsp3) is 0.308. The highest BCUT2D eigenvalue weighted by Crippen LogP contribution is 2.11. The summed E-state index contributed by atoms with van der Waals surface area (Å²) in [5, 5.41) is 7.59. The van der Waals surface area contributed by atoms with Gasteiger partial charge in [0.05, 0.1) is 5.69 Å². The molecule has 0 fully saturated rings. The summed E-state index contributed by atoms with van der Waals surface area (Å²) in [7, 11) is 0. The Morgan fingerprint density at radius 2 is 2.12 bits per heavy atom. The zero-order valence-corrected chi connectivity index (χ0v) is 9.86. The van der Waals surface area contributed by atoms with Gasteiger partial charge in [-0.2, -0.15) is 5.10 Å². The lowest BCUT2D eigenvalue weighted by Crippen LogP contribution is -2.14. The minimum atomic E-state index is -0.260. The third kappa shape index (κ3) is 2.91. The molecule has 2 rings (SSSR count). The van der Waals surface area contributed by atoms with Crippen LogP contribution in [0.1, 0.15) is 19.0 Å². The molecule has 1 aromatic heterocycles. The highest BCUT2D eigenvalue weighted by molar-refractivity contribution is 5.32. The van der Waals surface area contributed by atoms with Crippen molar-refractivity contribution in [1.29, 1.82) is 0 Å². The number of halogens is 1. The molecule has 90 valence electrons. The minimum absolute atomic E-state index is 0.260. The topological polar surface area (TPSA) is 29.9 Å². The third-order valence-corrected chi connectivity index (χ3v) is 2.48. The maximum Gasteiger partial charge on any atom is 0.148 e. The molecule has 0 aliphatic heterocycles. The van der Waals surface area contributed by atoms with Crippen LogP contribution >= 0.6 is 0 Å². The van der Waals surface area contributed by atoms with E-state index in [-0.39, 0.29) is 5.82 Å². The predicted octanol–water partition coefficient (Wildman–Crippen LogP) is 2.51. The van der Waals surface area contributed by atoms with E-state index in [0.717, 1.165) is 25.2 Å². The molecule has 0 spiro atoms. The molecule has 0 aliphatic carbocycles. The van der Waals surface area contributed by atoms with E-state index in [0.29, 0.717) is 5.69 Å². The summed E-state index contributed by atoms with van der Waals surface area (Å²) in [6.45, 7) is 3.80. The van der Waals surface area contributed by atoms with Crippen molar-refractivity contribution < 1.29 is 4.39 Å². The number of rotatable bonds is 5. The van der Waals surface area contributed by atoms with Gasteiger partial charge in [-0.15, -0.1) is 0 Å². The van der Waals surface area contributed by atoms with Crippen LogP contribution in [0, 0.1) is 5.82 Å². The van der Waals surface area contributed by atoms with E-state index >= 15 is 0 Å². The summed E-state index contributed by atoms with van der Waals surface area (Å²) >= 11 is 0. The molecular formula is C13H16FN3. The van der Waals surface area contributed by atoms with Crippen LogP contribution in [0.5, 0.6) is 0 Å². The van der Waals surface area contributed by atoms with Crippen molar-refractivity contribution in [2.45, 2.75) is 19.9 Å². The molecule has 0 radical (unpaired) electrons. The van der Waals surface area contributed by atoms with Crippen LogP contribution in [0.15, 0.2) is 36.5 Å². The number of benzene rings is 1. The lowest BCUT2D eigenvalue weighted by atomic mass is 10.3. The van der Waals surface area contributed by atoms with Gasteiger partial charge >= 0.3 is 0 Å². The molecule has 0 unspecified atom stereocenters. The Hall–Kier alpha value is -1.68. The quantitative estimate of drug-likeness (QED) is 0.804. The first-order chi connectivity index (χ1) is 8.31. The van der Waals surface area contributed by atoms with Crippen LogP contribution < -0.4 is 5.32 Å². The predicted molar refractivity (Wildman–Crippen MR) is 65.5 cm³/mol. The molecule has 0 aliphatic rings. The van der Waals surface area contributed by atoms with Crippen molar-refractivity contribution in [2.24, 2.45) is 0 Å². The van der Waals surface area contributed by atoms with Gasteiger partial charge in [-0.3, -0.25) is 0 Å². The van der Waals surface area contributed by atoms with Crippen molar-refractivity contribution >= 4 is 0 Å². The van der Waals surface area contributed by atoms with Gasteiger partial charge < -0.3 is 5.32 Å². The first-order valence-electron chi connectivity index (χ1n) is 5.81. The highest BCUT2D eigenvalue weighted by atomic mass is 19.1. The second-order valence-electron chi connectivity index (χ2n) is 3.88. The molecule has 0 saturated heterocycles. The van der Waals surface area contributed by atoms with E-state index < -0.39 is 0 Å². The maximum absolute atomic E-state index is 13.5. The van der Waals surface area contributed by atoms with Crippen molar-refractivity contribution in [1.82, 2.24) is 15.1 Å². The lowest BCUT2D eigenvalue weighted by Gasteiger charge is -2.02. The Balaban J connectivity index is 2.10. The third-order valence-electron chi connectivity index (χ3n) is 2.48. The van der Waals surface area contributed by atoms with Crippen molar-refractivity contribution in [3.05, 3.63) is 48.0 Å². The molecule has 0 amide bonds. The van der Waals surface area contributed by atoms with Crippen LogP contribution in [0.3, 0.4) is 0 Å². The van der Waals surface area contributed by atoms with Gasteiger partial charge in [0.2, 0.25) is 0 Å². The number of nitrogens with one attached hydrogen (secondary N) is 1. The molecule has 1 aromatic carbocycles. The van der Waals surface area contributed by atoms with Gasteiger partial charge in [0, 0.05) is 12.7 Å². The minimum Gasteiger partial charge on any atom is -0.311 e. The van der Waals surface area contributed by atoms with Gasteiger partial charge in [-0.05, 0) is 31.2 Å². The largest absolute Gasteiger partial charge is 0.311 e. The monoisotopic (exact) mass is 233 g/mol. The zero-order valence-electron chi connectivity index (χ0n) is 9.86. The molecule has 0 atom stereocenters. The zero-order chi connectivity index (χ0) is 12.1. The number of hydrogen-bond acceptors (Lipinski definition) is 2. The number of aromatic nitrogens is 2. The molecule has 0 bridgehead atoms. The van der Waals surface area contributed by atoms with Crippen molar-refractivity contribution in [3.63, 3.8) is 0 Å². The van der Waals surface area contributed by atoms with E-state index in [4.69, 9.17) is 0 Å². The van der Waals surface area contributed by atoms with Crippen LogP contribution in [0.4, 0.5) is 4.39 Å². The SMILES string of the molecule is CCCNCc1ccn(-c2ccccc2F)n1. The van der Waals surface area contributed by atoms with Crippen LogP contribution in [0.25, 0.3) is 5.69 Å². The summed E-state index contributed by atoms with van der Waals surface area (Å²) in [4.78, 5) is 0. The van der Waals surface area contributed by atoms with Gasteiger partial charge in [0.25, 0.3) is 0 Å². The molecule has 0 saturated carbocycles. The Morgan fingerprint density at radius 3 is 2.88 bits per heavy atom. The molecular weight excluding hydrogens is 217 g/mol. The smallest absolute Gasteiger partial charge is 0.148 e. The average molecular weight is 233 g/mol. The Bertz CT molecular complexity index is 479. The second kappa shape index (κ2) is 5.59. The fourth-order valence-corrected chi connectivity index (χ4v) is 1.62. The molecule has 4 heteroatoms. The van der Waals surface area contributed by atoms with Gasteiger partial charge in [0.1, 0.15) is 11.5 Å². The van der Waals surface area contributed by atoms with Gasteiger partial charge in [-0.1, -0.05) is 19.1 Å². The Morgan fingerprint density at radius 1 is 1.29 bits per heavy atom. The molecule has 3 nitrogen and oxygen atoms in total. The van der Waals surface area contributed by atoms with E-state index in [1.54, 1.807) is 29.1 Å². The normalized spacial score (nSPS) is 10.7. The van der Waals surface area contributed by atoms with Gasteiger partial charge in [-0.25, -0.2) is 9.07 Å². The van der Waals surface area contributed by atoms with Crippen molar-refractivity contribution in [2.75, 3.05) is 6.54 Å². The molecule has 1 N–H and O–H groups in total. The Labute approximate surface area is 100 Å². The van der Waals surface area contributed by atoms with E-state index in [1.165, 1.54) is 6.07 Å². The maximum atomic E-state index is 13.5. The fourth-order valence-electron chi connectivity index (χ4n) is 1.62.